The summed E-state index contributed by atoms with van der Waals surface area (Å²) >= 11 is 0. The highest BCUT2D eigenvalue weighted by atomic mass is 16.5. The first-order valence-corrected chi connectivity index (χ1v) is 12.0. The van der Waals surface area contributed by atoms with Crippen LogP contribution in [0.15, 0.2) is 64.0 Å². The molecule has 4 aromatic rings. The molecule has 0 saturated carbocycles. The van der Waals surface area contributed by atoms with Gasteiger partial charge in [0.25, 0.3) is 0 Å². The fourth-order valence-corrected chi connectivity index (χ4v) is 4.62. The zero-order chi connectivity index (χ0) is 28.1. The Kier molecular flexibility index (Phi) is 8.29. The number of methoxy groups -OCH3 is 6. The Morgan fingerprint density at radius 2 is 1.44 bits per heavy atom. The van der Waals surface area contributed by atoms with Gasteiger partial charge < -0.3 is 32.8 Å². The van der Waals surface area contributed by atoms with Crippen LogP contribution in [0, 0.1) is 0 Å². The van der Waals surface area contributed by atoms with E-state index in [1.54, 1.807) is 55.6 Å². The molecule has 9 nitrogen and oxygen atoms in total. The number of carbonyl (C=O) groups is 1. The van der Waals surface area contributed by atoms with Crippen LogP contribution in [0.25, 0.3) is 22.1 Å². The Labute approximate surface area is 225 Å². The van der Waals surface area contributed by atoms with Crippen molar-refractivity contribution in [3.05, 3.63) is 76.1 Å². The minimum absolute atomic E-state index is 0.0748. The summed E-state index contributed by atoms with van der Waals surface area (Å²) in [6.07, 6.45) is 1.34. The van der Waals surface area contributed by atoms with Gasteiger partial charge in [-0.3, -0.25) is 9.59 Å². The second-order valence-corrected chi connectivity index (χ2v) is 8.56. The second-order valence-electron chi connectivity index (χ2n) is 8.56. The quantitative estimate of drug-likeness (QED) is 0.254. The third kappa shape index (κ3) is 5.20. The molecule has 0 aliphatic heterocycles. The van der Waals surface area contributed by atoms with E-state index in [-0.39, 0.29) is 11.8 Å². The molecule has 1 aromatic heterocycles. The lowest BCUT2D eigenvalue weighted by Gasteiger charge is -2.23. The van der Waals surface area contributed by atoms with E-state index in [0.717, 1.165) is 0 Å². The average Bonchev–Trinajstić information content (AvgIpc) is 2.98. The van der Waals surface area contributed by atoms with Crippen LogP contribution in [0.3, 0.4) is 0 Å². The lowest BCUT2D eigenvalue weighted by atomic mass is 9.86. The maximum absolute atomic E-state index is 13.7. The van der Waals surface area contributed by atoms with Crippen molar-refractivity contribution >= 4 is 16.9 Å². The van der Waals surface area contributed by atoms with Crippen molar-refractivity contribution in [2.45, 2.75) is 12.3 Å². The Morgan fingerprint density at radius 1 is 0.795 bits per heavy atom. The standard InChI is InChI=1S/C30H30O9/c1-33-19-9-7-17(8-10-19)22-16-39-29-20(28(22)32)11-12-23(34-2)27(29)21(15-26(31)37-5)18-13-24(35-3)30(38-6)25(14-18)36-4/h7-14,16,21H,15H2,1-6H3/t21-/m0/s1. The van der Waals surface area contributed by atoms with Gasteiger partial charge in [-0.1, -0.05) is 12.1 Å². The Balaban J connectivity index is 1.99. The molecule has 9 heteroatoms. The molecule has 39 heavy (non-hydrogen) atoms. The lowest BCUT2D eigenvalue weighted by Crippen LogP contribution is -2.14. The van der Waals surface area contributed by atoms with Gasteiger partial charge in [0.1, 0.15) is 23.3 Å². The fourth-order valence-electron chi connectivity index (χ4n) is 4.62. The molecule has 3 aromatic carbocycles. The molecule has 1 atom stereocenters. The number of ether oxygens (including phenoxy) is 6. The maximum atomic E-state index is 13.7. The SMILES string of the molecule is COC(=O)C[C@@H](c1cc(OC)c(OC)c(OC)c1)c1c(OC)ccc2c(=O)c(-c3ccc(OC)cc3)coc12. The van der Waals surface area contributed by atoms with E-state index in [0.29, 0.717) is 62.0 Å². The second kappa shape index (κ2) is 11.8. The Hall–Kier alpha value is -4.66. The molecule has 0 saturated heterocycles. The Bertz CT molecular complexity index is 1510. The van der Waals surface area contributed by atoms with Crippen molar-refractivity contribution in [3.63, 3.8) is 0 Å². The van der Waals surface area contributed by atoms with Crippen molar-refractivity contribution in [1.29, 1.82) is 0 Å². The van der Waals surface area contributed by atoms with Gasteiger partial charge in [-0.2, -0.15) is 0 Å². The number of carbonyl (C=O) groups excluding carboxylic acids is 1. The topological polar surface area (TPSA) is 103 Å². The van der Waals surface area contributed by atoms with Gasteiger partial charge in [0, 0.05) is 11.5 Å². The van der Waals surface area contributed by atoms with Gasteiger partial charge in [0.15, 0.2) is 11.5 Å². The first-order chi connectivity index (χ1) is 18.9. The molecule has 204 valence electrons. The number of benzene rings is 3. The predicted octanol–water partition coefficient (Wildman–Crippen LogP) is 5.20. The number of fused-ring (bicyclic) bond motifs is 1. The summed E-state index contributed by atoms with van der Waals surface area (Å²) < 4.78 is 38.6. The number of hydrogen-bond acceptors (Lipinski definition) is 9. The summed E-state index contributed by atoms with van der Waals surface area (Å²) in [4.78, 5) is 26.3. The molecule has 0 N–H and O–H groups in total. The minimum Gasteiger partial charge on any atom is -0.497 e. The first-order valence-electron chi connectivity index (χ1n) is 12.0. The van der Waals surface area contributed by atoms with Gasteiger partial charge >= 0.3 is 5.97 Å². The molecule has 0 aliphatic carbocycles. The number of hydrogen-bond donors (Lipinski definition) is 0. The third-order valence-electron chi connectivity index (χ3n) is 6.60. The van der Waals surface area contributed by atoms with E-state index in [4.69, 9.17) is 32.8 Å². The van der Waals surface area contributed by atoms with E-state index in [2.05, 4.69) is 0 Å². The van der Waals surface area contributed by atoms with Crippen LogP contribution in [0.2, 0.25) is 0 Å². The smallest absolute Gasteiger partial charge is 0.306 e. The average molecular weight is 535 g/mol. The van der Waals surface area contributed by atoms with Gasteiger partial charge in [-0.25, -0.2) is 0 Å². The molecular formula is C30H30O9. The van der Waals surface area contributed by atoms with Crippen LogP contribution in [-0.4, -0.2) is 48.6 Å². The monoisotopic (exact) mass is 534 g/mol. The van der Waals surface area contributed by atoms with Gasteiger partial charge in [-0.15, -0.1) is 0 Å². The van der Waals surface area contributed by atoms with E-state index in [9.17, 15) is 9.59 Å². The van der Waals surface area contributed by atoms with Crippen LogP contribution in [0.5, 0.6) is 28.7 Å². The number of esters is 1. The Morgan fingerprint density at radius 3 is 1.97 bits per heavy atom. The van der Waals surface area contributed by atoms with Crippen molar-refractivity contribution in [2.24, 2.45) is 0 Å². The molecule has 0 fully saturated rings. The zero-order valence-electron chi connectivity index (χ0n) is 22.7. The van der Waals surface area contributed by atoms with E-state index in [1.165, 1.54) is 41.8 Å². The highest BCUT2D eigenvalue weighted by Crippen LogP contribution is 2.45. The summed E-state index contributed by atoms with van der Waals surface area (Å²) in [5, 5.41) is 0.335. The third-order valence-corrected chi connectivity index (χ3v) is 6.60. The number of rotatable bonds is 10. The molecule has 0 spiro atoms. The van der Waals surface area contributed by atoms with Gasteiger partial charge in [0.2, 0.25) is 11.2 Å². The van der Waals surface area contributed by atoms with Crippen LogP contribution < -0.4 is 29.1 Å². The van der Waals surface area contributed by atoms with Crippen molar-refractivity contribution < 1.29 is 37.6 Å². The predicted molar refractivity (Wildman–Crippen MR) is 146 cm³/mol. The highest BCUT2D eigenvalue weighted by Gasteiger charge is 2.29. The lowest BCUT2D eigenvalue weighted by molar-refractivity contribution is -0.140. The van der Waals surface area contributed by atoms with E-state index >= 15 is 0 Å². The summed E-state index contributed by atoms with van der Waals surface area (Å²) in [6, 6.07) is 14.0. The molecule has 0 amide bonds. The molecule has 1 heterocycles. The summed E-state index contributed by atoms with van der Waals surface area (Å²) in [5.74, 6) is 1.21. The van der Waals surface area contributed by atoms with Gasteiger partial charge in [0.05, 0.1) is 60.0 Å². The molecular weight excluding hydrogens is 504 g/mol. The molecule has 0 aliphatic rings. The molecule has 0 radical (unpaired) electrons. The minimum atomic E-state index is -0.653. The van der Waals surface area contributed by atoms with Crippen molar-refractivity contribution in [1.82, 2.24) is 0 Å². The van der Waals surface area contributed by atoms with Crippen LogP contribution >= 0.6 is 0 Å². The van der Waals surface area contributed by atoms with Crippen molar-refractivity contribution in [2.75, 3.05) is 42.7 Å². The van der Waals surface area contributed by atoms with Crippen LogP contribution in [0.1, 0.15) is 23.5 Å². The van der Waals surface area contributed by atoms with E-state index < -0.39 is 11.9 Å². The summed E-state index contributed by atoms with van der Waals surface area (Å²) in [6.45, 7) is 0. The van der Waals surface area contributed by atoms with Crippen LogP contribution in [0.4, 0.5) is 0 Å². The van der Waals surface area contributed by atoms with Crippen LogP contribution in [-0.2, 0) is 9.53 Å². The first kappa shape index (κ1) is 27.4. The molecule has 4 rings (SSSR count). The summed E-state index contributed by atoms with van der Waals surface area (Å²) in [5.41, 5.74) is 2.28. The zero-order valence-corrected chi connectivity index (χ0v) is 22.7. The van der Waals surface area contributed by atoms with Crippen molar-refractivity contribution in [3.8, 4) is 39.9 Å². The fraction of sp³-hybridized carbons (Fsp3) is 0.267. The highest BCUT2D eigenvalue weighted by molar-refractivity contribution is 5.87. The summed E-state index contributed by atoms with van der Waals surface area (Å²) in [7, 11) is 8.93. The van der Waals surface area contributed by atoms with Gasteiger partial charge in [-0.05, 0) is 47.5 Å². The maximum Gasteiger partial charge on any atom is 0.306 e. The molecule has 0 unspecified atom stereocenters. The molecule has 0 bridgehead atoms. The largest absolute Gasteiger partial charge is 0.497 e. The normalized spacial score (nSPS) is 11.5. The van der Waals surface area contributed by atoms with E-state index in [1.807, 2.05) is 0 Å².